The van der Waals surface area contributed by atoms with E-state index in [0.29, 0.717) is 5.92 Å². The van der Waals surface area contributed by atoms with Crippen LogP contribution in [-0.4, -0.2) is 40.3 Å². The Kier molecular flexibility index (Phi) is 3.89. The standard InChI is InChI=1S/C14H23N3/c1-12-10-15-8-9-17(11-12)14-7-5-4-6-13(14)16(2)3/h4-7,12,15H,8-11H2,1-3H3. The van der Waals surface area contributed by atoms with E-state index >= 15 is 0 Å². The van der Waals surface area contributed by atoms with Crippen molar-refractivity contribution in [3.8, 4) is 0 Å². The highest BCUT2D eigenvalue weighted by atomic mass is 15.2. The maximum atomic E-state index is 3.49. The minimum absolute atomic E-state index is 0.702. The van der Waals surface area contributed by atoms with Gasteiger partial charge in [-0.2, -0.15) is 0 Å². The Hall–Kier alpha value is -1.22. The first-order valence-corrected chi connectivity index (χ1v) is 6.40. The zero-order valence-electron chi connectivity index (χ0n) is 11.1. The Morgan fingerprint density at radius 2 is 2.06 bits per heavy atom. The van der Waals surface area contributed by atoms with Gasteiger partial charge in [-0.05, 0) is 24.6 Å². The van der Waals surface area contributed by atoms with Crippen molar-refractivity contribution in [2.24, 2.45) is 5.92 Å². The van der Waals surface area contributed by atoms with Gasteiger partial charge >= 0.3 is 0 Å². The molecule has 1 saturated heterocycles. The molecule has 1 heterocycles. The van der Waals surface area contributed by atoms with Gasteiger partial charge in [0.15, 0.2) is 0 Å². The van der Waals surface area contributed by atoms with Crippen LogP contribution in [0.5, 0.6) is 0 Å². The highest BCUT2D eigenvalue weighted by Crippen LogP contribution is 2.28. The molecule has 1 atom stereocenters. The van der Waals surface area contributed by atoms with Crippen molar-refractivity contribution in [1.82, 2.24) is 5.32 Å². The van der Waals surface area contributed by atoms with Gasteiger partial charge in [0, 0.05) is 33.7 Å². The van der Waals surface area contributed by atoms with Crippen molar-refractivity contribution < 1.29 is 0 Å². The van der Waals surface area contributed by atoms with Crippen LogP contribution in [0.15, 0.2) is 24.3 Å². The molecule has 3 nitrogen and oxygen atoms in total. The Bertz CT molecular complexity index is 362. The van der Waals surface area contributed by atoms with E-state index in [1.807, 2.05) is 0 Å². The van der Waals surface area contributed by atoms with Crippen LogP contribution in [0.2, 0.25) is 0 Å². The Morgan fingerprint density at radius 3 is 2.82 bits per heavy atom. The third-order valence-corrected chi connectivity index (χ3v) is 3.29. The van der Waals surface area contributed by atoms with Crippen LogP contribution in [0.3, 0.4) is 0 Å². The zero-order valence-corrected chi connectivity index (χ0v) is 11.1. The van der Waals surface area contributed by atoms with E-state index in [1.165, 1.54) is 11.4 Å². The molecule has 0 saturated carbocycles. The first kappa shape index (κ1) is 12.2. The van der Waals surface area contributed by atoms with E-state index < -0.39 is 0 Å². The number of hydrogen-bond donors (Lipinski definition) is 1. The molecule has 1 aromatic carbocycles. The molecule has 2 rings (SSSR count). The van der Waals surface area contributed by atoms with Gasteiger partial charge in [0.1, 0.15) is 0 Å². The SMILES string of the molecule is CC1CNCCN(c2ccccc2N(C)C)C1. The average molecular weight is 233 g/mol. The number of nitrogens with zero attached hydrogens (tertiary/aromatic N) is 2. The van der Waals surface area contributed by atoms with E-state index in [-0.39, 0.29) is 0 Å². The van der Waals surface area contributed by atoms with Gasteiger partial charge in [0.25, 0.3) is 0 Å². The summed E-state index contributed by atoms with van der Waals surface area (Å²) >= 11 is 0. The summed E-state index contributed by atoms with van der Waals surface area (Å²) in [5, 5.41) is 3.49. The van der Waals surface area contributed by atoms with Gasteiger partial charge in [0.2, 0.25) is 0 Å². The second kappa shape index (κ2) is 5.41. The molecule has 0 radical (unpaired) electrons. The Balaban J connectivity index is 2.25. The van der Waals surface area contributed by atoms with E-state index in [9.17, 15) is 0 Å². The highest BCUT2D eigenvalue weighted by Gasteiger charge is 2.17. The van der Waals surface area contributed by atoms with Crippen LogP contribution in [0.4, 0.5) is 11.4 Å². The Labute approximate surface area is 104 Å². The van der Waals surface area contributed by atoms with Crippen molar-refractivity contribution in [2.75, 3.05) is 50.1 Å². The minimum Gasteiger partial charge on any atom is -0.376 e. The van der Waals surface area contributed by atoms with Crippen LogP contribution >= 0.6 is 0 Å². The van der Waals surface area contributed by atoms with Crippen molar-refractivity contribution in [1.29, 1.82) is 0 Å². The Morgan fingerprint density at radius 1 is 1.29 bits per heavy atom. The van der Waals surface area contributed by atoms with Crippen LogP contribution in [0.25, 0.3) is 0 Å². The summed E-state index contributed by atoms with van der Waals surface area (Å²) < 4.78 is 0. The molecule has 0 amide bonds. The summed E-state index contributed by atoms with van der Waals surface area (Å²) in [5.41, 5.74) is 2.66. The first-order chi connectivity index (χ1) is 8.18. The quantitative estimate of drug-likeness (QED) is 0.840. The van der Waals surface area contributed by atoms with Gasteiger partial charge < -0.3 is 15.1 Å². The molecule has 1 unspecified atom stereocenters. The fourth-order valence-electron chi connectivity index (χ4n) is 2.42. The number of para-hydroxylation sites is 2. The molecule has 0 aliphatic carbocycles. The second-order valence-corrected chi connectivity index (χ2v) is 5.14. The van der Waals surface area contributed by atoms with E-state index in [1.54, 1.807) is 0 Å². The molecule has 17 heavy (non-hydrogen) atoms. The third kappa shape index (κ3) is 2.91. The normalized spacial score (nSPS) is 21.1. The molecule has 1 aromatic rings. The first-order valence-electron chi connectivity index (χ1n) is 6.40. The lowest BCUT2D eigenvalue weighted by molar-refractivity contribution is 0.564. The number of nitrogens with one attached hydrogen (secondary N) is 1. The van der Waals surface area contributed by atoms with Crippen LogP contribution in [0, 0.1) is 5.92 Å². The van der Waals surface area contributed by atoms with Crippen molar-refractivity contribution in [3.63, 3.8) is 0 Å². The summed E-state index contributed by atoms with van der Waals surface area (Å²) in [4.78, 5) is 4.69. The van der Waals surface area contributed by atoms with Gasteiger partial charge in [-0.3, -0.25) is 0 Å². The maximum Gasteiger partial charge on any atom is 0.0604 e. The summed E-state index contributed by atoms with van der Waals surface area (Å²) in [7, 11) is 4.22. The van der Waals surface area contributed by atoms with Crippen molar-refractivity contribution in [3.05, 3.63) is 24.3 Å². The molecule has 0 bridgehead atoms. The van der Waals surface area contributed by atoms with Crippen LogP contribution in [0.1, 0.15) is 6.92 Å². The minimum atomic E-state index is 0.702. The predicted octanol–water partition coefficient (Wildman–Crippen LogP) is 1.80. The molecular weight excluding hydrogens is 210 g/mol. The lowest BCUT2D eigenvalue weighted by atomic mass is 10.1. The topological polar surface area (TPSA) is 18.5 Å². The molecular formula is C14H23N3. The monoisotopic (exact) mass is 233 g/mol. The average Bonchev–Trinajstić information content (AvgIpc) is 2.54. The summed E-state index contributed by atoms with van der Waals surface area (Å²) in [6.45, 7) is 6.74. The van der Waals surface area contributed by atoms with Crippen LogP contribution in [-0.2, 0) is 0 Å². The zero-order chi connectivity index (χ0) is 12.3. The van der Waals surface area contributed by atoms with Gasteiger partial charge in [-0.25, -0.2) is 0 Å². The van der Waals surface area contributed by atoms with Gasteiger partial charge in [0.05, 0.1) is 11.4 Å². The van der Waals surface area contributed by atoms with E-state index in [2.05, 4.69) is 60.4 Å². The molecule has 0 spiro atoms. The number of anilines is 2. The number of benzene rings is 1. The number of rotatable bonds is 2. The molecule has 1 aliphatic heterocycles. The fourth-order valence-corrected chi connectivity index (χ4v) is 2.42. The maximum absolute atomic E-state index is 3.49. The molecule has 94 valence electrons. The lowest BCUT2D eigenvalue weighted by Crippen LogP contribution is -2.30. The molecule has 1 aliphatic rings. The molecule has 0 aromatic heterocycles. The largest absolute Gasteiger partial charge is 0.376 e. The van der Waals surface area contributed by atoms with Crippen molar-refractivity contribution in [2.45, 2.75) is 6.92 Å². The molecule has 1 N–H and O–H groups in total. The summed E-state index contributed by atoms with van der Waals surface area (Å²) in [6, 6.07) is 8.66. The van der Waals surface area contributed by atoms with E-state index in [0.717, 1.165) is 26.2 Å². The summed E-state index contributed by atoms with van der Waals surface area (Å²) in [6.07, 6.45) is 0. The summed E-state index contributed by atoms with van der Waals surface area (Å²) in [5.74, 6) is 0.702. The van der Waals surface area contributed by atoms with Gasteiger partial charge in [-0.1, -0.05) is 19.1 Å². The predicted molar refractivity (Wildman–Crippen MR) is 75.0 cm³/mol. The third-order valence-electron chi connectivity index (χ3n) is 3.29. The lowest BCUT2D eigenvalue weighted by Gasteiger charge is -2.29. The highest BCUT2D eigenvalue weighted by molar-refractivity contribution is 5.70. The number of hydrogen-bond acceptors (Lipinski definition) is 3. The van der Waals surface area contributed by atoms with E-state index in [4.69, 9.17) is 0 Å². The molecule has 3 heteroatoms. The smallest absolute Gasteiger partial charge is 0.0604 e. The van der Waals surface area contributed by atoms with Crippen molar-refractivity contribution >= 4 is 11.4 Å². The van der Waals surface area contributed by atoms with Gasteiger partial charge in [-0.15, -0.1) is 0 Å². The van der Waals surface area contributed by atoms with Crippen LogP contribution < -0.4 is 15.1 Å². The fraction of sp³-hybridized carbons (Fsp3) is 0.571. The second-order valence-electron chi connectivity index (χ2n) is 5.14. The molecule has 1 fully saturated rings.